The van der Waals surface area contributed by atoms with Gasteiger partial charge >= 0.3 is 0 Å². The third kappa shape index (κ3) is 10.9. The quantitative estimate of drug-likeness (QED) is 0.234. The Kier molecular flexibility index (Phi) is 13.7. The van der Waals surface area contributed by atoms with Crippen LogP contribution in [-0.4, -0.2) is 100 Å². The van der Waals surface area contributed by atoms with Crippen LogP contribution in [0.15, 0.2) is 4.99 Å². The number of nitrogens with zero attached hydrogens (tertiary/aromatic N) is 4. The van der Waals surface area contributed by atoms with Crippen molar-refractivity contribution in [3.63, 3.8) is 0 Å². The van der Waals surface area contributed by atoms with Gasteiger partial charge in [0, 0.05) is 52.9 Å². The summed E-state index contributed by atoms with van der Waals surface area (Å²) < 4.78 is 0. The summed E-state index contributed by atoms with van der Waals surface area (Å²) in [6.07, 6.45) is 6.77. The molecule has 27 heavy (non-hydrogen) atoms. The molecule has 0 aliphatic carbocycles. The predicted molar refractivity (Wildman–Crippen MR) is 127 cm³/mol. The average molecular weight is 495 g/mol. The summed E-state index contributed by atoms with van der Waals surface area (Å²) in [5, 5.41) is 6.99. The van der Waals surface area contributed by atoms with Crippen molar-refractivity contribution in [2.45, 2.75) is 39.0 Å². The Balaban J connectivity index is 0.00000364. The van der Waals surface area contributed by atoms with Gasteiger partial charge in [-0.2, -0.15) is 0 Å². The smallest absolute Gasteiger partial charge is 0.190 e. The van der Waals surface area contributed by atoms with Crippen LogP contribution in [0.1, 0.15) is 39.0 Å². The maximum Gasteiger partial charge on any atom is 0.190 e. The first-order valence-electron chi connectivity index (χ1n) is 10.7. The maximum atomic E-state index is 4.38. The van der Waals surface area contributed by atoms with Gasteiger partial charge in [0.1, 0.15) is 0 Å². The van der Waals surface area contributed by atoms with Crippen molar-refractivity contribution < 1.29 is 0 Å². The molecule has 1 unspecified atom stereocenters. The topological polar surface area (TPSA) is 46.1 Å². The second-order valence-corrected chi connectivity index (χ2v) is 8.20. The van der Waals surface area contributed by atoms with Crippen molar-refractivity contribution in [2.75, 3.05) is 79.5 Å². The lowest BCUT2D eigenvalue weighted by atomic mass is 10.1. The minimum atomic E-state index is 0. The molecule has 0 radical (unpaired) electrons. The molecule has 2 N–H and O–H groups in total. The summed E-state index contributed by atoms with van der Waals surface area (Å²) >= 11 is 0. The van der Waals surface area contributed by atoms with E-state index in [0.29, 0.717) is 5.92 Å². The molecule has 160 valence electrons. The molecule has 0 amide bonds. The maximum absolute atomic E-state index is 4.38. The van der Waals surface area contributed by atoms with Crippen LogP contribution in [0.2, 0.25) is 0 Å². The first-order chi connectivity index (χ1) is 12.7. The molecule has 2 aliphatic rings. The SMILES string of the molecule is CN=C(NCCCN1CCCCCC1)NCC(C)CN1CCN(C)CC1.I. The normalized spacial score (nSPS) is 22.0. The number of piperazine rings is 1. The highest BCUT2D eigenvalue weighted by atomic mass is 127. The van der Waals surface area contributed by atoms with Gasteiger partial charge in [0.25, 0.3) is 0 Å². The molecule has 0 aromatic carbocycles. The Morgan fingerprint density at radius 3 is 2.22 bits per heavy atom. The minimum absolute atomic E-state index is 0. The minimum Gasteiger partial charge on any atom is -0.356 e. The molecular formula is C20H43IN6. The van der Waals surface area contributed by atoms with E-state index in [0.717, 1.165) is 19.0 Å². The fourth-order valence-electron chi connectivity index (χ4n) is 3.90. The Bertz CT molecular complexity index is 390. The van der Waals surface area contributed by atoms with E-state index >= 15 is 0 Å². The van der Waals surface area contributed by atoms with Gasteiger partial charge in [-0.05, 0) is 51.9 Å². The summed E-state index contributed by atoms with van der Waals surface area (Å²) in [6, 6.07) is 0. The summed E-state index contributed by atoms with van der Waals surface area (Å²) in [4.78, 5) is 12.0. The number of nitrogens with one attached hydrogen (secondary N) is 2. The molecule has 2 saturated heterocycles. The van der Waals surface area contributed by atoms with Crippen LogP contribution in [0.3, 0.4) is 0 Å². The van der Waals surface area contributed by atoms with Gasteiger partial charge < -0.3 is 25.3 Å². The summed E-state index contributed by atoms with van der Waals surface area (Å²) in [5.41, 5.74) is 0. The highest BCUT2D eigenvalue weighted by Gasteiger charge is 2.16. The standard InChI is InChI=1S/C20H42N6.HI/c1-19(18-26-15-13-24(3)14-16-26)17-23-20(21-2)22-9-8-12-25-10-6-4-5-7-11-25;/h19H,4-18H2,1-3H3,(H2,21,22,23);1H. The molecule has 2 rings (SSSR count). The van der Waals surface area contributed by atoms with Crippen LogP contribution in [0.4, 0.5) is 0 Å². The zero-order valence-corrected chi connectivity index (χ0v) is 20.2. The Morgan fingerprint density at radius 2 is 1.59 bits per heavy atom. The van der Waals surface area contributed by atoms with Crippen LogP contribution >= 0.6 is 24.0 Å². The number of halogens is 1. The number of likely N-dealkylation sites (N-methyl/N-ethyl adjacent to an activating group) is 1. The molecule has 2 aliphatic heterocycles. The second-order valence-electron chi connectivity index (χ2n) is 8.20. The highest BCUT2D eigenvalue weighted by molar-refractivity contribution is 14.0. The number of aliphatic imine (C=N–C) groups is 1. The lowest BCUT2D eigenvalue weighted by Gasteiger charge is -2.34. The second kappa shape index (κ2) is 14.8. The number of hydrogen-bond acceptors (Lipinski definition) is 4. The van der Waals surface area contributed by atoms with Crippen molar-refractivity contribution in [3.8, 4) is 0 Å². The van der Waals surface area contributed by atoms with E-state index in [1.807, 2.05) is 7.05 Å². The van der Waals surface area contributed by atoms with E-state index in [1.165, 1.54) is 84.5 Å². The molecule has 0 aromatic heterocycles. The molecule has 6 nitrogen and oxygen atoms in total. The Morgan fingerprint density at radius 1 is 0.926 bits per heavy atom. The first-order valence-corrected chi connectivity index (χ1v) is 10.7. The van der Waals surface area contributed by atoms with Crippen molar-refractivity contribution in [1.82, 2.24) is 25.3 Å². The fraction of sp³-hybridized carbons (Fsp3) is 0.950. The average Bonchev–Trinajstić information content (AvgIpc) is 2.92. The summed E-state index contributed by atoms with van der Waals surface area (Å²) in [6.45, 7) is 14.1. The van der Waals surface area contributed by atoms with Gasteiger partial charge in [-0.15, -0.1) is 24.0 Å². The highest BCUT2D eigenvalue weighted by Crippen LogP contribution is 2.09. The van der Waals surface area contributed by atoms with Crippen LogP contribution in [-0.2, 0) is 0 Å². The number of guanidine groups is 1. The lowest BCUT2D eigenvalue weighted by molar-refractivity contribution is 0.139. The fourth-order valence-corrected chi connectivity index (χ4v) is 3.90. The molecule has 7 heteroatoms. The number of likely N-dealkylation sites (tertiary alicyclic amines) is 1. The van der Waals surface area contributed by atoms with Crippen molar-refractivity contribution in [2.24, 2.45) is 10.9 Å². The third-order valence-corrected chi connectivity index (χ3v) is 5.65. The van der Waals surface area contributed by atoms with Crippen molar-refractivity contribution >= 4 is 29.9 Å². The van der Waals surface area contributed by atoms with E-state index in [4.69, 9.17) is 0 Å². The van der Waals surface area contributed by atoms with E-state index in [2.05, 4.69) is 44.3 Å². The molecule has 0 saturated carbocycles. The molecule has 0 aromatic rings. The van der Waals surface area contributed by atoms with Crippen LogP contribution in [0.25, 0.3) is 0 Å². The monoisotopic (exact) mass is 494 g/mol. The molecular weight excluding hydrogens is 451 g/mol. The zero-order valence-electron chi connectivity index (χ0n) is 17.9. The zero-order chi connectivity index (χ0) is 18.6. The Hall–Kier alpha value is -0.120. The largest absolute Gasteiger partial charge is 0.356 e. The van der Waals surface area contributed by atoms with Gasteiger partial charge in [-0.25, -0.2) is 0 Å². The summed E-state index contributed by atoms with van der Waals surface area (Å²) in [5.74, 6) is 1.58. The molecule has 0 spiro atoms. The number of hydrogen-bond donors (Lipinski definition) is 2. The van der Waals surface area contributed by atoms with Gasteiger partial charge in [-0.1, -0.05) is 19.8 Å². The van der Waals surface area contributed by atoms with E-state index in [-0.39, 0.29) is 24.0 Å². The van der Waals surface area contributed by atoms with Crippen LogP contribution in [0, 0.1) is 5.92 Å². The first kappa shape index (κ1) is 24.9. The van der Waals surface area contributed by atoms with Gasteiger partial charge in [0.15, 0.2) is 5.96 Å². The van der Waals surface area contributed by atoms with Gasteiger partial charge in [-0.3, -0.25) is 4.99 Å². The molecule has 0 bridgehead atoms. The van der Waals surface area contributed by atoms with Gasteiger partial charge in [0.2, 0.25) is 0 Å². The van der Waals surface area contributed by atoms with Crippen LogP contribution in [0.5, 0.6) is 0 Å². The van der Waals surface area contributed by atoms with Crippen LogP contribution < -0.4 is 10.6 Å². The lowest BCUT2D eigenvalue weighted by Crippen LogP contribution is -2.47. The number of rotatable bonds is 8. The van der Waals surface area contributed by atoms with E-state index < -0.39 is 0 Å². The molecule has 1 atom stereocenters. The van der Waals surface area contributed by atoms with E-state index in [1.54, 1.807) is 0 Å². The van der Waals surface area contributed by atoms with E-state index in [9.17, 15) is 0 Å². The van der Waals surface area contributed by atoms with Crippen molar-refractivity contribution in [3.05, 3.63) is 0 Å². The predicted octanol–water partition coefficient (Wildman–Crippen LogP) is 1.92. The molecule has 2 heterocycles. The summed E-state index contributed by atoms with van der Waals surface area (Å²) in [7, 11) is 4.08. The van der Waals surface area contributed by atoms with Gasteiger partial charge in [0.05, 0.1) is 0 Å². The third-order valence-electron chi connectivity index (χ3n) is 5.65. The Labute approximate surface area is 184 Å². The van der Waals surface area contributed by atoms with Crippen molar-refractivity contribution in [1.29, 1.82) is 0 Å². The molecule has 2 fully saturated rings.